The Bertz CT molecular complexity index is 915. The first kappa shape index (κ1) is 13.6. The van der Waals surface area contributed by atoms with Crippen molar-refractivity contribution in [1.82, 2.24) is 14.5 Å². The quantitative estimate of drug-likeness (QED) is 0.567. The van der Waals surface area contributed by atoms with Gasteiger partial charge in [0.25, 0.3) is 0 Å². The monoisotopic (exact) mass is 303 g/mol. The molecule has 0 amide bonds. The van der Waals surface area contributed by atoms with Crippen molar-refractivity contribution in [3.8, 4) is 22.8 Å². The van der Waals surface area contributed by atoms with E-state index in [1.807, 2.05) is 59.4 Å². The molecule has 0 aliphatic carbocycles. The second-order valence-electron chi connectivity index (χ2n) is 5.39. The fourth-order valence-electron chi connectivity index (χ4n) is 2.59. The minimum absolute atomic E-state index is 0.196. The first-order valence-electron chi connectivity index (χ1n) is 7.42. The van der Waals surface area contributed by atoms with E-state index < -0.39 is 0 Å². The van der Waals surface area contributed by atoms with E-state index in [0.717, 1.165) is 17.0 Å². The van der Waals surface area contributed by atoms with Gasteiger partial charge in [0.1, 0.15) is 11.5 Å². The first-order valence-corrected chi connectivity index (χ1v) is 7.42. The maximum absolute atomic E-state index is 13.8. The molecule has 0 bridgehead atoms. The fourth-order valence-corrected chi connectivity index (χ4v) is 2.59. The number of fused-ring (bicyclic) bond motifs is 1. The molecule has 2 heterocycles. The topological polar surface area (TPSA) is 30.7 Å². The molecule has 4 heteroatoms. The average molecular weight is 303 g/mol. The lowest BCUT2D eigenvalue weighted by molar-refractivity contribution is 0.599. The van der Waals surface area contributed by atoms with Gasteiger partial charge >= 0.3 is 0 Å². The van der Waals surface area contributed by atoms with Gasteiger partial charge in [-0.2, -0.15) is 0 Å². The molecule has 0 saturated carbocycles. The molecule has 0 aromatic heterocycles. The summed E-state index contributed by atoms with van der Waals surface area (Å²) >= 11 is 0. The summed E-state index contributed by atoms with van der Waals surface area (Å²) in [5.74, 6) is 0.517. The number of halogens is 1. The number of rotatable bonds is 3. The maximum atomic E-state index is 13.8. The predicted octanol–water partition coefficient (Wildman–Crippen LogP) is 4.24. The molecular weight excluding hydrogens is 289 g/mol. The molecule has 2 aromatic rings. The van der Waals surface area contributed by atoms with Gasteiger partial charge in [-0.3, -0.25) is 0 Å². The van der Waals surface area contributed by atoms with Gasteiger partial charge in [0, 0.05) is 30.1 Å². The van der Waals surface area contributed by atoms with Crippen molar-refractivity contribution in [3.63, 3.8) is 0 Å². The number of nitrogens with zero attached hydrogens (tertiary/aromatic N) is 3. The highest BCUT2D eigenvalue weighted by molar-refractivity contribution is 5.65. The molecule has 0 saturated heterocycles. The van der Waals surface area contributed by atoms with E-state index in [1.165, 1.54) is 6.07 Å². The van der Waals surface area contributed by atoms with Gasteiger partial charge < -0.3 is 4.57 Å². The smallest absolute Gasteiger partial charge is 0.160 e. The van der Waals surface area contributed by atoms with E-state index in [2.05, 4.69) is 9.97 Å². The second-order valence-corrected chi connectivity index (χ2v) is 5.39. The summed E-state index contributed by atoms with van der Waals surface area (Å²) in [4.78, 5) is 9.13. The molecule has 0 spiro atoms. The normalized spacial score (nSPS) is 11.0. The van der Waals surface area contributed by atoms with Crippen molar-refractivity contribution in [2.75, 3.05) is 0 Å². The summed E-state index contributed by atoms with van der Waals surface area (Å²) in [6.07, 6.45) is 3.80. The summed E-state index contributed by atoms with van der Waals surface area (Å²) < 4.78 is 15.7. The Balaban J connectivity index is 1.69. The van der Waals surface area contributed by atoms with Crippen molar-refractivity contribution in [1.29, 1.82) is 0 Å². The molecule has 4 rings (SSSR count). The van der Waals surface area contributed by atoms with E-state index in [1.54, 1.807) is 12.1 Å². The van der Waals surface area contributed by atoms with Gasteiger partial charge in [0.15, 0.2) is 5.82 Å². The average Bonchev–Trinajstić information content (AvgIpc) is 3.01. The highest BCUT2D eigenvalue weighted by Crippen LogP contribution is 2.24. The van der Waals surface area contributed by atoms with Crippen molar-refractivity contribution >= 4 is 0 Å². The zero-order valence-corrected chi connectivity index (χ0v) is 12.4. The molecule has 0 unspecified atom stereocenters. The van der Waals surface area contributed by atoms with Gasteiger partial charge in [0.2, 0.25) is 0 Å². The minimum Gasteiger partial charge on any atom is -0.347 e. The van der Waals surface area contributed by atoms with Crippen LogP contribution in [0, 0.1) is 5.82 Å². The summed E-state index contributed by atoms with van der Waals surface area (Å²) in [5.41, 5.74) is 3.29. The lowest BCUT2D eigenvalue weighted by Crippen LogP contribution is -2.02. The lowest BCUT2D eigenvalue weighted by Gasteiger charge is -2.08. The van der Waals surface area contributed by atoms with Crippen LogP contribution >= 0.6 is 0 Å². The zero-order valence-electron chi connectivity index (χ0n) is 12.4. The summed E-state index contributed by atoms with van der Waals surface area (Å²) in [5, 5.41) is 0. The molecule has 0 fully saturated rings. The standard InChI is InChI=1S/C19H14FN3/c20-16-9-5-4-8-15(16)12-23-11-10-17-18(13-23)22-19(21-17)14-6-2-1-3-7-14/h1-11,13H,12H2. The van der Waals surface area contributed by atoms with E-state index in [4.69, 9.17) is 0 Å². The van der Waals surface area contributed by atoms with Crippen LogP contribution in [0.1, 0.15) is 5.56 Å². The van der Waals surface area contributed by atoms with Crippen molar-refractivity contribution in [2.24, 2.45) is 0 Å². The maximum Gasteiger partial charge on any atom is 0.160 e. The Labute approximate surface area is 133 Å². The van der Waals surface area contributed by atoms with Crippen molar-refractivity contribution in [2.45, 2.75) is 6.54 Å². The minimum atomic E-state index is -0.196. The Morgan fingerprint density at radius 1 is 0.826 bits per heavy atom. The molecule has 0 atom stereocenters. The van der Waals surface area contributed by atoms with Crippen LogP contribution in [0.25, 0.3) is 22.8 Å². The number of benzene rings is 2. The molecule has 2 aromatic carbocycles. The van der Waals surface area contributed by atoms with Crippen LogP contribution in [0.4, 0.5) is 4.39 Å². The van der Waals surface area contributed by atoms with Gasteiger partial charge in [-0.1, -0.05) is 48.5 Å². The number of imidazole rings is 1. The van der Waals surface area contributed by atoms with Crippen LogP contribution in [-0.2, 0) is 6.54 Å². The third-order valence-corrected chi connectivity index (χ3v) is 3.77. The molecular formula is C19H14FN3. The highest BCUT2D eigenvalue weighted by Gasteiger charge is 2.12. The second kappa shape index (κ2) is 5.65. The summed E-state index contributed by atoms with van der Waals surface area (Å²) in [6, 6.07) is 18.6. The highest BCUT2D eigenvalue weighted by atomic mass is 19.1. The third-order valence-electron chi connectivity index (χ3n) is 3.77. The van der Waals surface area contributed by atoms with E-state index in [-0.39, 0.29) is 5.82 Å². The number of hydrogen-bond acceptors (Lipinski definition) is 2. The van der Waals surface area contributed by atoms with Crippen LogP contribution < -0.4 is 0 Å². The Hall–Kier alpha value is -3.01. The Morgan fingerprint density at radius 3 is 2.39 bits per heavy atom. The van der Waals surface area contributed by atoms with E-state index >= 15 is 0 Å². The molecule has 0 radical (unpaired) electrons. The summed E-state index contributed by atoms with van der Waals surface area (Å²) in [6.45, 7) is 0.468. The van der Waals surface area contributed by atoms with Crippen LogP contribution in [0.15, 0.2) is 73.1 Å². The van der Waals surface area contributed by atoms with E-state index in [9.17, 15) is 4.39 Å². The SMILES string of the molecule is Fc1ccccc1Cn1ccc2nc(-c3ccccc3)nc-2c1. The van der Waals surface area contributed by atoms with Crippen molar-refractivity contribution in [3.05, 3.63) is 84.4 Å². The van der Waals surface area contributed by atoms with E-state index in [0.29, 0.717) is 17.9 Å². The third kappa shape index (κ3) is 2.71. The van der Waals surface area contributed by atoms with Gasteiger partial charge in [0.05, 0.1) is 5.69 Å². The van der Waals surface area contributed by atoms with Crippen LogP contribution in [0.2, 0.25) is 0 Å². The van der Waals surface area contributed by atoms with Crippen LogP contribution in [-0.4, -0.2) is 14.5 Å². The molecule has 3 nitrogen and oxygen atoms in total. The van der Waals surface area contributed by atoms with Gasteiger partial charge in [-0.25, -0.2) is 14.4 Å². The molecule has 2 aliphatic rings. The van der Waals surface area contributed by atoms with Crippen LogP contribution in [0.5, 0.6) is 0 Å². The predicted molar refractivity (Wildman–Crippen MR) is 87.6 cm³/mol. The molecule has 112 valence electrons. The van der Waals surface area contributed by atoms with Gasteiger partial charge in [-0.05, 0) is 12.1 Å². The number of pyridine rings is 1. The molecule has 2 aliphatic heterocycles. The Morgan fingerprint density at radius 2 is 1.57 bits per heavy atom. The lowest BCUT2D eigenvalue weighted by atomic mass is 10.2. The fraction of sp³-hybridized carbons (Fsp3) is 0.0526. The summed E-state index contributed by atoms with van der Waals surface area (Å²) in [7, 11) is 0. The Kier molecular flexibility index (Phi) is 3.35. The van der Waals surface area contributed by atoms with Crippen LogP contribution in [0.3, 0.4) is 0 Å². The van der Waals surface area contributed by atoms with Crippen molar-refractivity contribution < 1.29 is 4.39 Å². The zero-order chi connectivity index (χ0) is 15.6. The number of aromatic nitrogens is 3. The first-order chi connectivity index (χ1) is 11.3. The van der Waals surface area contributed by atoms with Gasteiger partial charge in [-0.15, -0.1) is 0 Å². The number of hydrogen-bond donors (Lipinski definition) is 0. The largest absolute Gasteiger partial charge is 0.347 e. The molecule has 0 N–H and O–H groups in total. The molecule has 23 heavy (non-hydrogen) atoms.